The van der Waals surface area contributed by atoms with Gasteiger partial charge in [0.25, 0.3) is 0 Å². The fraction of sp³-hybridized carbons (Fsp3) is 0.593. The molecule has 0 heterocycles. The second-order valence-corrected chi connectivity index (χ2v) is 7.94. The lowest BCUT2D eigenvalue weighted by atomic mass is 9.97. The number of ether oxygens (including phenoxy) is 1. The van der Waals surface area contributed by atoms with Crippen LogP contribution in [0.25, 0.3) is 0 Å². The lowest BCUT2D eigenvalue weighted by Crippen LogP contribution is -1.95. The van der Waals surface area contributed by atoms with E-state index in [9.17, 15) is 0 Å². The fourth-order valence-electron chi connectivity index (χ4n) is 3.30. The quantitative estimate of drug-likeness (QED) is 0.156. The highest BCUT2D eigenvalue weighted by Crippen LogP contribution is 2.19. The normalized spacial score (nSPS) is 14.8. The maximum absolute atomic E-state index is 5.29. The Hall–Kier alpha value is -1.56. The molecule has 0 bridgehead atoms. The molecule has 28 heavy (non-hydrogen) atoms. The van der Waals surface area contributed by atoms with E-state index in [0.717, 1.165) is 18.8 Å². The maximum atomic E-state index is 5.29. The van der Waals surface area contributed by atoms with Crippen LogP contribution in [0.4, 0.5) is 0 Å². The van der Waals surface area contributed by atoms with Crippen LogP contribution in [0, 0.1) is 5.92 Å². The van der Waals surface area contributed by atoms with Gasteiger partial charge in [0, 0.05) is 7.11 Å². The minimum Gasteiger partial charge on any atom is -0.380 e. The van der Waals surface area contributed by atoms with Crippen molar-refractivity contribution in [2.24, 2.45) is 5.92 Å². The zero-order chi connectivity index (χ0) is 21.2. The summed E-state index contributed by atoms with van der Waals surface area (Å²) in [4.78, 5) is 0. The Balaban J connectivity index is 4.52. The summed E-state index contributed by atoms with van der Waals surface area (Å²) in [5.41, 5.74) is 8.48. The third-order valence-electron chi connectivity index (χ3n) is 5.18. The number of hydrogen-bond acceptors (Lipinski definition) is 1. The molecule has 0 aromatic heterocycles. The van der Waals surface area contributed by atoms with Crippen molar-refractivity contribution in [3.05, 3.63) is 65.0 Å². The van der Waals surface area contributed by atoms with E-state index in [1.54, 1.807) is 12.7 Å². The van der Waals surface area contributed by atoms with Gasteiger partial charge in [-0.25, -0.2) is 0 Å². The topological polar surface area (TPSA) is 9.23 Å². The highest BCUT2D eigenvalue weighted by molar-refractivity contribution is 5.26. The largest absolute Gasteiger partial charge is 0.380 e. The monoisotopic (exact) mass is 384 g/mol. The lowest BCUT2D eigenvalue weighted by Gasteiger charge is -2.10. The molecule has 0 saturated heterocycles. The van der Waals surface area contributed by atoms with E-state index < -0.39 is 0 Å². The SMILES string of the molecule is C=C=CC(COC)=C(C)CC=C(CCC)CCC=CCCC(C)CC(C)=CC. The van der Waals surface area contributed by atoms with Gasteiger partial charge in [0.05, 0.1) is 6.61 Å². The van der Waals surface area contributed by atoms with E-state index in [4.69, 9.17) is 4.74 Å². The summed E-state index contributed by atoms with van der Waals surface area (Å²) < 4.78 is 5.29. The summed E-state index contributed by atoms with van der Waals surface area (Å²) in [6.07, 6.45) is 20.7. The van der Waals surface area contributed by atoms with Crippen LogP contribution < -0.4 is 0 Å². The molecule has 1 atom stereocenters. The first-order valence-electron chi connectivity index (χ1n) is 11.0. The van der Waals surface area contributed by atoms with Crippen LogP contribution in [0.1, 0.15) is 86.0 Å². The molecule has 0 radical (unpaired) electrons. The lowest BCUT2D eigenvalue weighted by molar-refractivity contribution is 0.227. The number of allylic oxidation sites excluding steroid dienone is 7. The highest BCUT2D eigenvalue weighted by Gasteiger charge is 2.02. The van der Waals surface area contributed by atoms with Crippen molar-refractivity contribution in [1.29, 1.82) is 0 Å². The Kier molecular flexibility index (Phi) is 16.6. The Morgan fingerprint density at radius 2 is 1.86 bits per heavy atom. The van der Waals surface area contributed by atoms with E-state index in [0.29, 0.717) is 6.61 Å². The molecule has 0 saturated carbocycles. The van der Waals surface area contributed by atoms with Crippen molar-refractivity contribution >= 4 is 0 Å². The molecule has 0 spiro atoms. The van der Waals surface area contributed by atoms with E-state index in [-0.39, 0.29) is 0 Å². The van der Waals surface area contributed by atoms with Crippen LogP contribution in [-0.4, -0.2) is 13.7 Å². The third kappa shape index (κ3) is 13.6. The molecule has 0 aromatic carbocycles. The minimum absolute atomic E-state index is 0.625. The fourth-order valence-corrected chi connectivity index (χ4v) is 3.30. The highest BCUT2D eigenvalue weighted by atomic mass is 16.5. The molecule has 0 aliphatic heterocycles. The van der Waals surface area contributed by atoms with Crippen LogP contribution in [0.2, 0.25) is 0 Å². The minimum atomic E-state index is 0.625. The van der Waals surface area contributed by atoms with Gasteiger partial charge in [-0.15, -0.1) is 5.73 Å². The van der Waals surface area contributed by atoms with Crippen LogP contribution >= 0.6 is 0 Å². The summed E-state index contributed by atoms with van der Waals surface area (Å²) >= 11 is 0. The van der Waals surface area contributed by atoms with E-state index in [1.807, 2.05) is 6.08 Å². The average molecular weight is 385 g/mol. The first-order chi connectivity index (χ1) is 13.5. The third-order valence-corrected chi connectivity index (χ3v) is 5.18. The van der Waals surface area contributed by atoms with E-state index in [1.165, 1.54) is 55.2 Å². The Morgan fingerprint density at radius 3 is 2.46 bits per heavy atom. The molecule has 158 valence electrons. The van der Waals surface area contributed by atoms with Gasteiger partial charge in [-0.05, 0) is 83.3 Å². The van der Waals surface area contributed by atoms with Crippen LogP contribution in [0.5, 0.6) is 0 Å². The zero-order valence-electron chi connectivity index (χ0n) is 19.4. The number of methoxy groups -OCH3 is 1. The molecule has 0 amide bonds. The summed E-state index contributed by atoms with van der Waals surface area (Å²) in [6, 6.07) is 0. The predicted octanol–water partition coefficient (Wildman–Crippen LogP) is 8.52. The predicted molar refractivity (Wildman–Crippen MR) is 127 cm³/mol. The van der Waals surface area contributed by atoms with Gasteiger partial charge in [0.1, 0.15) is 0 Å². The molecule has 0 aliphatic rings. The Morgan fingerprint density at radius 1 is 1.14 bits per heavy atom. The van der Waals surface area contributed by atoms with Gasteiger partial charge in [-0.3, -0.25) is 0 Å². The van der Waals surface area contributed by atoms with Gasteiger partial charge >= 0.3 is 0 Å². The van der Waals surface area contributed by atoms with Crippen molar-refractivity contribution in [2.75, 3.05) is 13.7 Å². The van der Waals surface area contributed by atoms with Gasteiger partial charge in [-0.1, -0.05) is 67.9 Å². The first-order valence-corrected chi connectivity index (χ1v) is 11.0. The molecule has 1 nitrogen and oxygen atoms in total. The number of hydrogen-bond donors (Lipinski definition) is 0. The van der Waals surface area contributed by atoms with Crippen LogP contribution in [0.15, 0.2) is 65.0 Å². The zero-order valence-corrected chi connectivity index (χ0v) is 19.4. The molecule has 0 aliphatic carbocycles. The van der Waals surface area contributed by atoms with Gasteiger partial charge in [-0.2, -0.15) is 0 Å². The van der Waals surface area contributed by atoms with Crippen LogP contribution in [-0.2, 0) is 4.74 Å². The molecular weight excluding hydrogens is 340 g/mol. The molecule has 0 aromatic rings. The second-order valence-electron chi connectivity index (χ2n) is 7.94. The standard InChI is InChI=1S/C27H44O/c1-8-15-26(20-19-25(6)27(16-9-2)22-28-7)18-14-12-11-13-17-24(5)21-23(4)10-3/h10-12,16,20,24H,2,8,13-15,17-19,21-22H2,1,3-7H3. The first kappa shape index (κ1) is 26.4. The Labute approximate surface area is 175 Å². The van der Waals surface area contributed by atoms with Crippen molar-refractivity contribution < 1.29 is 4.74 Å². The summed E-state index contributed by atoms with van der Waals surface area (Å²) in [7, 11) is 1.73. The van der Waals surface area contributed by atoms with Crippen molar-refractivity contribution in [3.63, 3.8) is 0 Å². The molecule has 0 rings (SSSR count). The molecule has 1 unspecified atom stereocenters. The van der Waals surface area contributed by atoms with Crippen LogP contribution in [0.3, 0.4) is 0 Å². The molecule has 0 fully saturated rings. The second kappa shape index (κ2) is 17.5. The van der Waals surface area contributed by atoms with Gasteiger partial charge in [0.2, 0.25) is 0 Å². The van der Waals surface area contributed by atoms with Gasteiger partial charge < -0.3 is 4.74 Å². The van der Waals surface area contributed by atoms with Crippen molar-refractivity contribution in [2.45, 2.75) is 86.0 Å². The molecule has 1 heteroatoms. The maximum Gasteiger partial charge on any atom is 0.0718 e. The van der Waals surface area contributed by atoms with E-state index in [2.05, 4.69) is 71.2 Å². The van der Waals surface area contributed by atoms with Crippen molar-refractivity contribution in [1.82, 2.24) is 0 Å². The summed E-state index contributed by atoms with van der Waals surface area (Å²) in [5, 5.41) is 0. The molecule has 0 N–H and O–H groups in total. The van der Waals surface area contributed by atoms with Gasteiger partial charge in [0.15, 0.2) is 0 Å². The van der Waals surface area contributed by atoms with E-state index >= 15 is 0 Å². The number of rotatable bonds is 15. The summed E-state index contributed by atoms with van der Waals surface area (Å²) in [5.74, 6) is 0.775. The molecular formula is C27H44O. The Bertz CT molecular complexity index is 579. The van der Waals surface area contributed by atoms with Crippen molar-refractivity contribution in [3.8, 4) is 0 Å². The average Bonchev–Trinajstić information content (AvgIpc) is 2.67. The summed E-state index contributed by atoms with van der Waals surface area (Å²) in [6.45, 7) is 15.5. The smallest absolute Gasteiger partial charge is 0.0718 e.